The van der Waals surface area contributed by atoms with Crippen molar-refractivity contribution in [1.82, 2.24) is 9.97 Å². The van der Waals surface area contributed by atoms with E-state index in [2.05, 4.69) is 9.97 Å². The monoisotopic (exact) mass is 218 g/mol. The van der Waals surface area contributed by atoms with Crippen molar-refractivity contribution in [3.05, 3.63) is 24.2 Å². The molecule has 0 unspecified atom stereocenters. The lowest BCUT2D eigenvalue weighted by molar-refractivity contribution is 0.0991. The molecule has 0 aliphatic rings. The fourth-order valence-corrected chi connectivity index (χ4v) is 1.37. The number of nitrogens with zero attached hydrogens (tertiary/aromatic N) is 2. The number of amides is 1. The maximum Gasteiger partial charge on any atom is 0.286 e. The van der Waals surface area contributed by atoms with Crippen LogP contribution in [0.2, 0.25) is 0 Å². The highest BCUT2D eigenvalue weighted by molar-refractivity contribution is 5.92. The molecule has 82 valence electrons. The fourth-order valence-electron chi connectivity index (χ4n) is 1.37. The van der Waals surface area contributed by atoms with Crippen molar-refractivity contribution >= 4 is 22.5 Å². The van der Waals surface area contributed by atoms with Gasteiger partial charge in [0.1, 0.15) is 5.75 Å². The molecule has 0 saturated carbocycles. The summed E-state index contributed by atoms with van der Waals surface area (Å²) < 4.78 is 5.05. The predicted octanol–water partition coefficient (Wildman–Crippen LogP) is 0.319. The number of ether oxygens (including phenoxy) is 1. The van der Waals surface area contributed by atoms with E-state index in [0.717, 1.165) is 5.39 Å². The molecule has 6 heteroatoms. The van der Waals surface area contributed by atoms with E-state index in [0.29, 0.717) is 17.0 Å². The number of rotatable bonds is 2. The fraction of sp³-hybridized carbons (Fsp3) is 0.100. The molecule has 2 rings (SSSR count). The van der Waals surface area contributed by atoms with Gasteiger partial charge in [-0.05, 0) is 6.07 Å². The quantitative estimate of drug-likeness (QED) is 0.706. The molecule has 2 aromatic rings. The largest absolute Gasteiger partial charge is 0.495 e. The van der Waals surface area contributed by atoms with Gasteiger partial charge in [-0.1, -0.05) is 0 Å². The molecule has 1 aromatic heterocycles. The second-order valence-electron chi connectivity index (χ2n) is 3.21. The Balaban J connectivity index is 2.68. The molecule has 1 heterocycles. The van der Waals surface area contributed by atoms with Crippen LogP contribution in [-0.4, -0.2) is 23.0 Å². The lowest BCUT2D eigenvalue weighted by Gasteiger charge is -2.06. The summed E-state index contributed by atoms with van der Waals surface area (Å²) in [6.45, 7) is 0. The number of carbonyl (C=O) groups excluding carboxylic acids is 1. The van der Waals surface area contributed by atoms with Gasteiger partial charge in [0.15, 0.2) is 0 Å². The third-order valence-electron chi connectivity index (χ3n) is 2.15. The van der Waals surface area contributed by atoms with Gasteiger partial charge < -0.3 is 16.2 Å². The van der Waals surface area contributed by atoms with Crippen LogP contribution in [0.4, 0.5) is 5.69 Å². The molecule has 0 bridgehead atoms. The SMILES string of the molecule is COc1cc2nc(C(N)=O)ncc2cc1N. The molecule has 0 aliphatic carbocycles. The minimum atomic E-state index is -0.669. The minimum absolute atomic E-state index is 0.0284. The van der Waals surface area contributed by atoms with Crippen molar-refractivity contribution in [3.8, 4) is 5.75 Å². The normalized spacial score (nSPS) is 10.3. The van der Waals surface area contributed by atoms with Gasteiger partial charge in [-0.25, -0.2) is 9.97 Å². The first-order valence-corrected chi connectivity index (χ1v) is 4.52. The standard InChI is InChI=1S/C10H10N4O2/c1-16-8-3-7-5(2-6(8)11)4-13-10(14-7)9(12)15/h2-4H,11H2,1H3,(H2,12,15). The summed E-state index contributed by atoms with van der Waals surface area (Å²) in [5.74, 6) is -0.196. The zero-order valence-corrected chi connectivity index (χ0v) is 8.60. The first kappa shape index (κ1) is 10.2. The number of anilines is 1. The number of nitrogen functional groups attached to an aromatic ring is 1. The lowest BCUT2D eigenvalue weighted by Crippen LogP contribution is -2.15. The Labute approximate surface area is 91.2 Å². The maximum absolute atomic E-state index is 10.9. The van der Waals surface area contributed by atoms with Crippen molar-refractivity contribution < 1.29 is 9.53 Å². The first-order valence-electron chi connectivity index (χ1n) is 4.52. The molecule has 6 nitrogen and oxygen atoms in total. The highest BCUT2D eigenvalue weighted by Gasteiger charge is 2.08. The molecular formula is C10H10N4O2. The van der Waals surface area contributed by atoms with E-state index < -0.39 is 5.91 Å². The summed E-state index contributed by atoms with van der Waals surface area (Å²) in [4.78, 5) is 18.7. The number of methoxy groups -OCH3 is 1. The molecule has 16 heavy (non-hydrogen) atoms. The number of hydrogen-bond acceptors (Lipinski definition) is 5. The number of benzene rings is 1. The van der Waals surface area contributed by atoms with Crippen LogP contribution in [0.3, 0.4) is 0 Å². The van der Waals surface area contributed by atoms with Crippen LogP contribution in [0.1, 0.15) is 10.6 Å². The number of carbonyl (C=O) groups is 1. The van der Waals surface area contributed by atoms with Crippen LogP contribution in [0.25, 0.3) is 10.9 Å². The Morgan fingerprint density at radius 2 is 2.19 bits per heavy atom. The molecule has 0 radical (unpaired) electrons. The van der Waals surface area contributed by atoms with Crippen molar-refractivity contribution in [3.63, 3.8) is 0 Å². The number of fused-ring (bicyclic) bond motifs is 1. The van der Waals surface area contributed by atoms with E-state index in [4.69, 9.17) is 16.2 Å². The topological polar surface area (TPSA) is 104 Å². The van der Waals surface area contributed by atoms with Crippen LogP contribution in [0.5, 0.6) is 5.75 Å². The number of aromatic nitrogens is 2. The average Bonchev–Trinajstić information content (AvgIpc) is 2.27. The van der Waals surface area contributed by atoms with Gasteiger partial charge in [-0.3, -0.25) is 4.79 Å². The molecule has 0 saturated heterocycles. The van der Waals surface area contributed by atoms with Crippen molar-refractivity contribution in [1.29, 1.82) is 0 Å². The molecule has 1 aromatic carbocycles. The maximum atomic E-state index is 10.9. The molecule has 0 aliphatic heterocycles. The predicted molar refractivity (Wildman–Crippen MR) is 59.0 cm³/mol. The summed E-state index contributed by atoms with van der Waals surface area (Å²) in [7, 11) is 1.51. The van der Waals surface area contributed by atoms with Crippen molar-refractivity contribution in [2.24, 2.45) is 5.73 Å². The molecule has 1 amide bonds. The van der Waals surface area contributed by atoms with Crippen LogP contribution in [-0.2, 0) is 0 Å². The number of primary amides is 1. The van der Waals surface area contributed by atoms with E-state index in [9.17, 15) is 4.79 Å². The van der Waals surface area contributed by atoms with Gasteiger partial charge in [0.2, 0.25) is 5.82 Å². The van der Waals surface area contributed by atoms with Crippen LogP contribution >= 0.6 is 0 Å². The summed E-state index contributed by atoms with van der Waals surface area (Å²) in [5.41, 5.74) is 11.9. The molecule has 0 fully saturated rings. The van der Waals surface area contributed by atoms with E-state index in [1.807, 2.05) is 0 Å². The van der Waals surface area contributed by atoms with Gasteiger partial charge >= 0.3 is 0 Å². The molecule has 0 atom stereocenters. The van der Waals surface area contributed by atoms with Crippen LogP contribution in [0, 0.1) is 0 Å². The van der Waals surface area contributed by atoms with Crippen molar-refractivity contribution in [2.45, 2.75) is 0 Å². The van der Waals surface area contributed by atoms with Gasteiger partial charge in [0, 0.05) is 17.6 Å². The van der Waals surface area contributed by atoms with E-state index in [1.54, 1.807) is 12.1 Å². The summed E-state index contributed by atoms with van der Waals surface area (Å²) in [6, 6.07) is 3.32. The molecular weight excluding hydrogens is 208 g/mol. The Kier molecular flexibility index (Phi) is 2.32. The summed E-state index contributed by atoms with van der Waals surface area (Å²) >= 11 is 0. The number of nitrogens with two attached hydrogens (primary N) is 2. The van der Waals surface area contributed by atoms with E-state index >= 15 is 0 Å². The highest BCUT2D eigenvalue weighted by atomic mass is 16.5. The smallest absolute Gasteiger partial charge is 0.286 e. The van der Waals surface area contributed by atoms with Crippen LogP contribution in [0.15, 0.2) is 18.3 Å². The zero-order chi connectivity index (χ0) is 11.7. The molecule has 4 N–H and O–H groups in total. The zero-order valence-electron chi connectivity index (χ0n) is 8.60. The van der Waals surface area contributed by atoms with Crippen LogP contribution < -0.4 is 16.2 Å². The Morgan fingerprint density at radius 3 is 2.81 bits per heavy atom. The second-order valence-corrected chi connectivity index (χ2v) is 3.21. The third kappa shape index (κ3) is 1.60. The van der Waals surface area contributed by atoms with E-state index in [1.165, 1.54) is 13.3 Å². The van der Waals surface area contributed by atoms with E-state index in [-0.39, 0.29) is 5.82 Å². The summed E-state index contributed by atoms with van der Waals surface area (Å²) in [6.07, 6.45) is 1.50. The average molecular weight is 218 g/mol. The van der Waals surface area contributed by atoms with Gasteiger partial charge in [-0.2, -0.15) is 0 Å². The third-order valence-corrected chi connectivity index (χ3v) is 2.15. The minimum Gasteiger partial charge on any atom is -0.495 e. The van der Waals surface area contributed by atoms with Gasteiger partial charge in [0.05, 0.1) is 18.3 Å². The van der Waals surface area contributed by atoms with Gasteiger partial charge in [0.25, 0.3) is 5.91 Å². The lowest BCUT2D eigenvalue weighted by atomic mass is 10.2. The summed E-state index contributed by atoms with van der Waals surface area (Å²) in [5, 5.41) is 0.725. The second kappa shape index (κ2) is 3.65. The first-order chi connectivity index (χ1) is 7.61. The molecule has 0 spiro atoms. The number of hydrogen-bond donors (Lipinski definition) is 2. The Bertz CT molecular complexity index is 568. The Morgan fingerprint density at radius 1 is 1.44 bits per heavy atom. The van der Waals surface area contributed by atoms with Gasteiger partial charge in [-0.15, -0.1) is 0 Å². The Hall–Kier alpha value is -2.37. The van der Waals surface area contributed by atoms with Crippen molar-refractivity contribution in [2.75, 3.05) is 12.8 Å². The highest BCUT2D eigenvalue weighted by Crippen LogP contribution is 2.26.